The molecule has 31 heavy (non-hydrogen) atoms. The number of hydrogen-bond acceptors (Lipinski definition) is 5. The van der Waals surface area contributed by atoms with E-state index in [0.29, 0.717) is 42.2 Å². The van der Waals surface area contributed by atoms with Gasteiger partial charge in [-0.3, -0.25) is 10.1 Å². The number of thiophene rings is 1. The van der Waals surface area contributed by atoms with Gasteiger partial charge in [0.15, 0.2) is 11.6 Å². The van der Waals surface area contributed by atoms with E-state index < -0.39 is 5.82 Å². The topological polar surface area (TPSA) is 71.5 Å². The van der Waals surface area contributed by atoms with E-state index in [2.05, 4.69) is 10.3 Å². The third-order valence-corrected chi connectivity index (χ3v) is 6.08. The lowest BCUT2D eigenvalue weighted by Gasteiger charge is -2.28. The molecule has 1 aromatic carbocycles. The van der Waals surface area contributed by atoms with Gasteiger partial charge in [0.2, 0.25) is 0 Å². The number of amides is 2. The number of Topliss-reactive ketones (excluding diaryl/α,β-unsaturated/α-hetero) is 1. The van der Waals surface area contributed by atoms with Gasteiger partial charge in [0.1, 0.15) is 17.4 Å². The lowest BCUT2D eigenvalue weighted by Crippen LogP contribution is -2.38. The van der Waals surface area contributed by atoms with Crippen molar-refractivity contribution in [2.24, 2.45) is 0 Å². The summed E-state index contributed by atoms with van der Waals surface area (Å²) in [4.78, 5) is 31.1. The Kier molecular flexibility index (Phi) is 5.99. The molecule has 2 amide bonds. The highest BCUT2D eigenvalue weighted by atomic mass is 32.1. The highest BCUT2D eigenvalue weighted by Gasteiger charge is 2.25. The lowest BCUT2D eigenvalue weighted by atomic mass is 10.1. The zero-order chi connectivity index (χ0) is 22.0. The van der Waals surface area contributed by atoms with Gasteiger partial charge >= 0.3 is 6.03 Å². The van der Waals surface area contributed by atoms with Crippen molar-refractivity contribution < 1.29 is 18.7 Å². The molecule has 6 nitrogen and oxygen atoms in total. The number of aryl methyl sites for hydroxylation is 1. The Hall–Kier alpha value is -3.26. The van der Waals surface area contributed by atoms with E-state index in [1.165, 1.54) is 18.3 Å². The molecule has 2 aromatic heterocycles. The summed E-state index contributed by atoms with van der Waals surface area (Å²) in [5.41, 5.74) is 2.43. The molecule has 1 aliphatic heterocycles. The standard InChI is InChI=1S/C23H22FN3O3S/c1-3-27-12-18-20(6-7-25-22(18)26-23(27)29)30-21-5-4-15(10-19(21)24)9-16(28)11-17-8-14(2)13-31-17/h4-8,10,13H,3,9,11-12H2,1-2H3,(H,25,26,29). The molecule has 4 rings (SSSR count). The highest BCUT2D eigenvalue weighted by Crippen LogP contribution is 2.34. The van der Waals surface area contributed by atoms with E-state index in [9.17, 15) is 14.0 Å². The molecule has 0 spiro atoms. The van der Waals surface area contributed by atoms with E-state index in [1.54, 1.807) is 28.4 Å². The number of ether oxygens (including phenoxy) is 1. The number of carbonyl (C=O) groups is 2. The summed E-state index contributed by atoms with van der Waals surface area (Å²) in [5, 5.41) is 4.73. The van der Waals surface area contributed by atoms with Crippen molar-refractivity contribution in [3.05, 3.63) is 69.3 Å². The smallest absolute Gasteiger partial charge is 0.323 e. The molecule has 8 heteroatoms. The maximum Gasteiger partial charge on any atom is 0.323 e. The molecule has 0 radical (unpaired) electrons. The predicted molar refractivity (Wildman–Crippen MR) is 117 cm³/mol. The van der Waals surface area contributed by atoms with Crippen LogP contribution in [0.25, 0.3) is 0 Å². The van der Waals surface area contributed by atoms with Crippen LogP contribution in [0.2, 0.25) is 0 Å². The molecule has 0 fully saturated rings. The van der Waals surface area contributed by atoms with Crippen molar-refractivity contribution in [3.8, 4) is 11.5 Å². The minimum absolute atomic E-state index is 0.0357. The summed E-state index contributed by atoms with van der Waals surface area (Å²) in [7, 11) is 0. The number of benzene rings is 1. The fourth-order valence-corrected chi connectivity index (χ4v) is 4.36. The Balaban J connectivity index is 1.48. The van der Waals surface area contributed by atoms with Crippen LogP contribution in [0.3, 0.4) is 0 Å². The number of anilines is 1. The first-order valence-corrected chi connectivity index (χ1v) is 10.9. The first-order valence-electron chi connectivity index (χ1n) is 9.98. The van der Waals surface area contributed by atoms with Gasteiger partial charge in [0, 0.05) is 30.5 Å². The van der Waals surface area contributed by atoms with Crippen LogP contribution in [0, 0.1) is 12.7 Å². The van der Waals surface area contributed by atoms with Crippen molar-refractivity contribution in [2.75, 3.05) is 11.9 Å². The first-order chi connectivity index (χ1) is 14.9. The van der Waals surface area contributed by atoms with E-state index in [-0.39, 0.29) is 24.0 Å². The number of urea groups is 1. The normalized spacial score (nSPS) is 13.0. The maximum absolute atomic E-state index is 14.7. The van der Waals surface area contributed by atoms with Gasteiger partial charge < -0.3 is 9.64 Å². The van der Waals surface area contributed by atoms with Gasteiger partial charge in [0.05, 0.1) is 12.1 Å². The summed E-state index contributed by atoms with van der Waals surface area (Å²) in [5.74, 6) is 0.389. The summed E-state index contributed by atoms with van der Waals surface area (Å²) < 4.78 is 20.5. The van der Waals surface area contributed by atoms with E-state index >= 15 is 0 Å². The average Bonchev–Trinajstić information content (AvgIpc) is 3.14. The van der Waals surface area contributed by atoms with Crippen molar-refractivity contribution >= 4 is 29.0 Å². The molecular formula is C23H22FN3O3S. The minimum atomic E-state index is -0.546. The molecule has 1 aliphatic rings. The number of aromatic nitrogens is 1. The number of nitrogens with zero attached hydrogens (tertiary/aromatic N) is 2. The van der Waals surface area contributed by atoms with Gasteiger partial charge in [-0.1, -0.05) is 6.07 Å². The predicted octanol–water partition coefficient (Wildman–Crippen LogP) is 5.10. The number of nitrogens with one attached hydrogen (secondary N) is 1. The molecule has 3 aromatic rings. The Morgan fingerprint density at radius 1 is 1.26 bits per heavy atom. The monoisotopic (exact) mass is 439 g/mol. The summed E-state index contributed by atoms with van der Waals surface area (Å²) in [6, 6.07) is 7.98. The second kappa shape index (κ2) is 8.85. The Bertz CT molecular complexity index is 1140. The first kappa shape index (κ1) is 21.0. The van der Waals surface area contributed by atoms with Gasteiger partial charge in [0.25, 0.3) is 0 Å². The van der Waals surface area contributed by atoms with Crippen LogP contribution in [-0.4, -0.2) is 28.2 Å². The molecule has 3 heterocycles. The molecule has 0 unspecified atom stereocenters. The maximum atomic E-state index is 14.7. The summed E-state index contributed by atoms with van der Waals surface area (Å²) >= 11 is 1.56. The average molecular weight is 440 g/mol. The third-order valence-electron chi connectivity index (χ3n) is 5.03. The fraction of sp³-hybridized carbons (Fsp3) is 0.261. The molecule has 1 N–H and O–H groups in total. The van der Waals surface area contributed by atoms with E-state index in [0.717, 1.165) is 10.4 Å². The van der Waals surface area contributed by atoms with Crippen molar-refractivity contribution in [1.82, 2.24) is 9.88 Å². The minimum Gasteiger partial charge on any atom is -0.454 e. The quantitative estimate of drug-likeness (QED) is 0.556. The Labute approximate surface area is 183 Å². The molecule has 0 saturated heterocycles. The Morgan fingerprint density at radius 3 is 2.81 bits per heavy atom. The lowest BCUT2D eigenvalue weighted by molar-refractivity contribution is -0.117. The second-order valence-corrected chi connectivity index (χ2v) is 8.43. The zero-order valence-corrected chi connectivity index (χ0v) is 18.1. The zero-order valence-electron chi connectivity index (χ0n) is 17.3. The van der Waals surface area contributed by atoms with Gasteiger partial charge in [-0.15, -0.1) is 11.3 Å². The number of halogens is 1. The van der Waals surface area contributed by atoms with Crippen molar-refractivity contribution in [2.45, 2.75) is 33.2 Å². The third kappa shape index (κ3) is 4.74. The van der Waals surface area contributed by atoms with Crippen LogP contribution in [0.1, 0.15) is 28.5 Å². The van der Waals surface area contributed by atoms with Crippen molar-refractivity contribution in [3.63, 3.8) is 0 Å². The number of hydrogen-bond donors (Lipinski definition) is 1. The summed E-state index contributed by atoms with van der Waals surface area (Å²) in [6.07, 6.45) is 2.02. The number of rotatable bonds is 7. The SMILES string of the molecule is CCN1Cc2c(Oc3ccc(CC(=O)Cc4cc(C)cs4)cc3F)ccnc2NC1=O. The molecule has 0 bridgehead atoms. The number of carbonyl (C=O) groups excluding carboxylic acids is 2. The number of ketones is 1. The highest BCUT2D eigenvalue weighted by molar-refractivity contribution is 7.10. The van der Waals surface area contributed by atoms with E-state index in [4.69, 9.17) is 4.74 Å². The molecular weight excluding hydrogens is 417 g/mol. The Morgan fingerprint density at radius 2 is 2.10 bits per heavy atom. The molecule has 160 valence electrons. The fourth-order valence-electron chi connectivity index (χ4n) is 3.45. The van der Waals surface area contributed by atoms with Crippen LogP contribution in [0.4, 0.5) is 15.0 Å². The van der Waals surface area contributed by atoms with Gasteiger partial charge in [-0.2, -0.15) is 0 Å². The second-order valence-electron chi connectivity index (χ2n) is 7.43. The molecule has 0 atom stereocenters. The van der Waals surface area contributed by atoms with Gasteiger partial charge in [-0.05, 0) is 54.6 Å². The van der Waals surface area contributed by atoms with Gasteiger partial charge in [-0.25, -0.2) is 14.2 Å². The molecule has 0 aliphatic carbocycles. The van der Waals surface area contributed by atoms with Crippen LogP contribution in [0.5, 0.6) is 11.5 Å². The van der Waals surface area contributed by atoms with Crippen LogP contribution >= 0.6 is 11.3 Å². The van der Waals surface area contributed by atoms with Crippen LogP contribution in [0.15, 0.2) is 41.9 Å². The molecule has 0 saturated carbocycles. The largest absolute Gasteiger partial charge is 0.454 e. The van der Waals surface area contributed by atoms with Crippen molar-refractivity contribution in [1.29, 1.82) is 0 Å². The number of pyridine rings is 1. The summed E-state index contributed by atoms with van der Waals surface area (Å²) in [6.45, 7) is 4.73. The van der Waals surface area contributed by atoms with Crippen LogP contribution < -0.4 is 10.1 Å². The van der Waals surface area contributed by atoms with E-state index in [1.807, 2.05) is 25.3 Å². The number of fused-ring (bicyclic) bond motifs is 1. The van der Waals surface area contributed by atoms with Crippen LogP contribution in [-0.2, 0) is 24.2 Å².